The van der Waals surface area contributed by atoms with E-state index in [0.717, 1.165) is 12.1 Å². The largest absolute Gasteiger partial charge is 0.481 e. The molecule has 0 aromatic heterocycles. The van der Waals surface area contributed by atoms with Gasteiger partial charge in [-0.1, -0.05) is 11.6 Å². The van der Waals surface area contributed by atoms with E-state index in [2.05, 4.69) is 0 Å². The zero-order chi connectivity index (χ0) is 13.2. The Morgan fingerprint density at radius 2 is 1.88 bits per heavy atom. The monoisotopic (exact) mass is 262 g/mol. The quantitative estimate of drug-likeness (QED) is 0.841. The van der Waals surface area contributed by atoms with Gasteiger partial charge in [-0.3, -0.25) is 4.79 Å². The predicted octanol–water partition coefficient (Wildman–Crippen LogP) is 3.66. The molecule has 0 bridgehead atoms. The first-order valence-electron chi connectivity index (χ1n) is 5.11. The van der Waals surface area contributed by atoms with Gasteiger partial charge in [-0.25, -0.2) is 8.78 Å². The van der Waals surface area contributed by atoms with Crippen molar-refractivity contribution in [1.82, 2.24) is 0 Å². The highest BCUT2D eigenvalue weighted by Gasteiger charge is 2.27. The molecule has 1 aromatic carbocycles. The summed E-state index contributed by atoms with van der Waals surface area (Å²) in [6, 6.07) is 1.91. The standard InChI is InChI=1S/C12H13ClF2O2/c1-12(2,11(16)17)4-3-7-5-9(14)10(15)6-8(7)13/h5-6H,3-4H2,1-2H3,(H,16,17). The molecule has 1 aromatic rings. The van der Waals surface area contributed by atoms with Crippen LogP contribution in [0.15, 0.2) is 12.1 Å². The van der Waals surface area contributed by atoms with Crippen LogP contribution in [-0.4, -0.2) is 11.1 Å². The molecule has 17 heavy (non-hydrogen) atoms. The Labute approximate surface area is 103 Å². The van der Waals surface area contributed by atoms with Gasteiger partial charge in [0.05, 0.1) is 5.41 Å². The second kappa shape index (κ2) is 5.00. The van der Waals surface area contributed by atoms with Gasteiger partial charge in [0.15, 0.2) is 11.6 Å². The first-order valence-corrected chi connectivity index (χ1v) is 5.48. The van der Waals surface area contributed by atoms with E-state index in [9.17, 15) is 13.6 Å². The van der Waals surface area contributed by atoms with Crippen molar-refractivity contribution in [3.05, 3.63) is 34.4 Å². The number of hydrogen-bond acceptors (Lipinski definition) is 1. The van der Waals surface area contributed by atoms with Gasteiger partial charge in [-0.15, -0.1) is 0 Å². The van der Waals surface area contributed by atoms with Crippen LogP contribution in [0.2, 0.25) is 5.02 Å². The molecule has 0 amide bonds. The minimum Gasteiger partial charge on any atom is -0.481 e. The third-order valence-corrected chi connectivity index (χ3v) is 3.04. The van der Waals surface area contributed by atoms with Crippen LogP contribution in [0.4, 0.5) is 8.78 Å². The number of hydrogen-bond donors (Lipinski definition) is 1. The number of rotatable bonds is 4. The van der Waals surface area contributed by atoms with Crippen LogP contribution in [-0.2, 0) is 11.2 Å². The summed E-state index contributed by atoms with van der Waals surface area (Å²) in [4.78, 5) is 10.9. The normalized spacial score (nSPS) is 11.6. The summed E-state index contributed by atoms with van der Waals surface area (Å²) in [5, 5.41) is 9.04. The minimum atomic E-state index is -1.00. The lowest BCUT2D eigenvalue weighted by Crippen LogP contribution is -2.24. The van der Waals surface area contributed by atoms with Gasteiger partial charge in [0.1, 0.15) is 0 Å². The molecule has 0 unspecified atom stereocenters. The average molecular weight is 263 g/mol. The lowest BCUT2D eigenvalue weighted by molar-refractivity contribution is -0.147. The van der Waals surface area contributed by atoms with Crippen molar-refractivity contribution in [2.75, 3.05) is 0 Å². The highest BCUT2D eigenvalue weighted by molar-refractivity contribution is 6.31. The molecule has 1 N–H and O–H groups in total. The first kappa shape index (κ1) is 13.9. The topological polar surface area (TPSA) is 37.3 Å². The Bertz CT molecular complexity index is 444. The molecule has 0 spiro atoms. The molecule has 1 rings (SSSR count). The fraction of sp³-hybridized carbons (Fsp3) is 0.417. The second-order valence-corrected chi connectivity index (χ2v) is 4.95. The smallest absolute Gasteiger partial charge is 0.309 e. The molecular weight excluding hydrogens is 250 g/mol. The molecule has 0 aliphatic heterocycles. The summed E-state index contributed by atoms with van der Waals surface area (Å²) < 4.78 is 25.8. The zero-order valence-corrected chi connectivity index (χ0v) is 10.3. The van der Waals surface area contributed by atoms with Crippen LogP contribution < -0.4 is 0 Å². The molecule has 0 radical (unpaired) electrons. The fourth-order valence-corrected chi connectivity index (χ4v) is 1.55. The van der Waals surface area contributed by atoms with E-state index in [1.807, 2.05) is 0 Å². The van der Waals surface area contributed by atoms with Crippen LogP contribution >= 0.6 is 11.6 Å². The maximum absolute atomic E-state index is 13.0. The minimum absolute atomic E-state index is 0.116. The van der Waals surface area contributed by atoms with E-state index in [1.54, 1.807) is 13.8 Å². The molecule has 0 atom stereocenters. The summed E-state index contributed by atoms with van der Waals surface area (Å²) in [7, 11) is 0. The number of aliphatic carboxylic acids is 1. The zero-order valence-electron chi connectivity index (χ0n) is 9.56. The summed E-state index contributed by atoms with van der Waals surface area (Å²) in [5.74, 6) is -2.91. The van der Waals surface area contributed by atoms with Crippen LogP contribution in [0.1, 0.15) is 25.8 Å². The van der Waals surface area contributed by atoms with Crippen molar-refractivity contribution in [1.29, 1.82) is 0 Å². The predicted molar refractivity (Wildman–Crippen MR) is 61.1 cm³/mol. The maximum Gasteiger partial charge on any atom is 0.309 e. The van der Waals surface area contributed by atoms with Gasteiger partial charge in [-0.2, -0.15) is 0 Å². The van der Waals surface area contributed by atoms with Crippen molar-refractivity contribution in [2.24, 2.45) is 5.41 Å². The fourth-order valence-electron chi connectivity index (χ4n) is 1.31. The van der Waals surface area contributed by atoms with E-state index >= 15 is 0 Å². The van der Waals surface area contributed by atoms with Crippen molar-refractivity contribution < 1.29 is 18.7 Å². The van der Waals surface area contributed by atoms with Gasteiger partial charge < -0.3 is 5.11 Å². The Morgan fingerprint density at radius 3 is 2.41 bits per heavy atom. The number of benzene rings is 1. The summed E-state index contributed by atoms with van der Waals surface area (Å²) in [6.45, 7) is 3.15. The molecule has 0 saturated carbocycles. The highest BCUT2D eigenvalue weighted by atomic mass is 35.5. The number of carboxylic acids is 1. The number of carboxylic acid groups (broad SMARTS) is 1. The van der Waals surface area contributed by atoms with Crippen LogP contribution in [0, 0.1) is 17.0 Å². The Morgan fingerprint density at radius 1 is 1.35 bits per heavy atom. The molecule has 0 heterocycles. The van der Waals surface area contributed by atoms with Crippen LogP contribution in [0.3, 0.4) is 0 Å². The molecule has 5 heteroatoms. The molecular formula is C12H13ClF2O2. The average Bonchev–Trinajstić information content (AvgIpc) is 2.21. The number of halogens is 3. The summed E-state index contributed by atoms with van der Waals surface area (Å²) in [5.41, 5.74) is -0.506. The van der Waals surface area contributed by atoms with Gasteiger partial charge >= 0.3 is 5.97 Å². The third-order valence-electron chi connectivity index (χ3n) is 2.69. The van der Waals surface area contributed by atoms with Crippen LogP contribution in [0.25, 0.3) is 0 Å². The SMILES string of the molecule is CC(C)(CCc1cc(F)c(F)cc1Cl)C(=O)O. The van der Waals surface area contributed by atoms with Gasteiger partial charge in [0.2, 0.25) is 0 Å². The van der Waals surface area contributed by atoms with Crippen molar-refractivity contribution >= 4 is 17.6 Å². The van der Waals surface area contributed by atoms with Crippen molar-refractivity contribution in [3.63, 3.8) is 0 Å². The molecule has 2 nitrogen and oxygen atoms in total. The van der Waals surface area contributed by atoms with Crippen molar-refractivity contribution in [2.45, 2.75) is 26.7 Å². The lowest BCUT2D eigenvalue weighted by atomic mass is 9.86. The van der Waals surface area contributed by atoms with Crippen LogP contribution in [0.5, 0.6) is 0 Å². The van der Waals surface area contributed by atoms with Crippen molar-refractivity contribution in [3.8, 4) is 0 Å². The van der Waals surface area contributed by atoms with E-state index in [0.29, 0.717) is 12.0 Å². The summed E-state index contributed by atoms with van der Waals surface area (Å²) >= 11 is 5.76. The maximum atomic E-state index is 13.0. The molecule has 94 valence electrons. The number of aryl methyl sites for hydroxylation is 1. The van der Waals surface area contributed by atoms with E-state index in [1.165, 1.54) is 0 Å². The Kier molecular flexibility index (Phi) is 4.09. The Hall–Kier alpha value is -1.16. The lowest BCUT2D eigenvalue weighted by Gasteiger charge is -2.19. The van der Waals surface area contributed by atoms with E-state index in [-0.39, 0.29) is 11.4 Å². The third kappa shape index (κ3) is 3.40. The number of carbonyl (C=O) groups is 1. The van der Waals surface area contributed by atoms with E-state index in [4.69, 9.17) is 16.7 Å². The summed E-state index contributed by atoms with van der Waals surface area (Å²) in [6.07, 6.45) is 0.586. The second-order valence-electron chi connectivity index (χ2n) is 4.55. The Balaban J connectivity index is 2.83. The molecule has 0 aliphatic rings. The first-order chi connectivity index (χ1) is 7.74. The molecule has 0 aliphatic carbocycles. The van der Waals surface area contributed by atoms with Gasteiger partial charge in [0, 0.05) is 5.02 Å². The van der Waals surface area contributed by atoms with Gasteiger partial charge in [0.25, 0.3) is 0 Å². The molecule has 0 saturated heterocycles. The highest BCUT2D eigenvalue weighted by Crippen LogP contribution is 2.27. The van der Waals surface area contributed by atoms with E-state index < -0.39 is 23.0 Å². The molecule has 0 fully saturated rings. The van der Waals surface area contributed by atoms with Gasteiger partial charge in [-0.05, 0) is 44.4 Å².